The van der Waals surface area contributed by atoms with Gasteiger partial charge in [0.15, 0.2) is 17.7 Å². The number of aryl methyl sites for hydroxylation is 1. The second kappa shape index (κ2) is 8.01. The molecule has 1 aromatic heterocycles. The molecule has 0 aliphatic rings. The van der Waals surface area contributed by atoms with Crippen LogP contribution in [0.1, 0.15) is 35.5 Å². The Hall–Kier alpha value is -2.19. The molecule has 0 amide bonds. The molecule has 2 rings (SSSR count). The maximum atomic E-state index is 13.1. The molecule has 0 spiro atoms. The number of alkyl halides is 3. The number of halogens is 4. The summed E-state index contributed by atoms with van der Waals surface area (Å²) >= 11 is 5.97. The van der Waals surface area contributed by atoms with E-state index < -0.39 is 11.7 Å². The van der Waals surface area contributed by atoms with Gasteiger partial charge in [-0.1, -0.05) is 11.6 Å². The maximum absolute atomic E-state index is 13.1. The summed E-state index contributed by atoms with van der Waals surface area (Å²) in [5.74, 6) is -0.433. The molecule has 5 nitrogen and oxygen atoms in total. The Labute approximate surface area is 153 Å². The van der Waals surface area contributed by atoms with E-state index in [2.05, 4.69) is 9.97 Å². The quantitative estimate of drug-likeness (QED) is 0.408. The first-order valence-corrected chi connectivity index (χ1v) is 7.99. The van der Waals surface area contributed by atoms with Gasteiger partial charge in [-0.15, -0.1) is 0 Å². The number of hydrogen-bond acceptors (Lipinski definition) is 5. The lowest BCUT2D eigenvalue weighted by Gasteiger charge is -2.17. The molecule has 26 heavy (non-hydrogen) atoms. The van der Waals surface area contributed by atoms with Crippen molar-refractivity contribution in [1.29, 1.82) is 0 Å². The Bertz CT molecular complexity index is 826. The monoisotopic (exact) mass is 388 g/mol. The summed E-state index contributed by atoms with van der Waals surface area (Å²) in [6, 6.07) is 1.85. The van der Waals surface area contributed by atoms with Gasteiger partial charge in [-0.3, -0.25) is 4.79 Å². The van der Waals surface area contributed by atoms with Gasteiger partial charge in [0.25, 0.3) is 0 Å². The van der Waals surface area contributed by atoms with Crippen LogP contribution in [-0.2, 0) is 10.9 Å². The first kappa shape index (κ1) is 20.1. The second-order valence-electron chi connectivity index (χ2n) is 5.37. The fourth-order valence-corrected chi connectivity index (χ4v) is 2.55. The third-order valence-corrected chi connectivity index (χ3v) is 3.71. The molecule has 0 N–H and O–H groups in total. The van der Waals surface area contributed by atoms with Gasteiger partial charge in [0.2, 0.25) is 0 Å². The minimum Gasteiger partial charge on any atom is -0.467 e. The van der Waals surface area contributed by atoms with Crippen LogP contribution in [0, 0.1) is 6.92 Å². The van der Waals surface area contributed by atoms with Gasteiger partial charge in [-0.25, -0.2) is 9.97 Å². The maximum Gasteiger partial charge on any atom is 0.416 e. The van der Waals surface area contributed by atoms with Crippen molar-refractivity contribution in [3.63, 3.8) is 0 Å². The molecule has 0 radical (unpaired) electrons. The van der Waals surface area contributed by atoms with Gasteiger partial charge in [0.05, 0.1) is 17.5 Å². The minimum absolute atomic E-state index is 0.0169. The van der Waals surface area contributed by atoms with Crippen LogP contribution in [0.15, 0.2) is 18.3 Å². The fourth-order valence-electron chi connectivity index (χ4n) is 2.27. The fraction of sp³-hybridized carbons (Fsp3) is 0.353. The smallest absolute Gasteiger partial charge is 0.416 e. The van der Waals surface area contributed by atoms with Crippen molar-refractivity contribution in [1.82, 2.24) is 9.97 Å². The zero-order chi connectivity index (χ0) is 19.5. The summed E-state index contributed by atoms with van der Waals surface area (Å²) in [4.78, 5) is 19.5. The van der Waals surface area contributed by atoms with Crippen molar-refractivity contribution in [3.05, 3.63) is 40.3 Å². The third-order valence-electron chi connectivity index (χ3n) is 3.45. The highest BCUT2D eigenvalue weighted by atomic mass is 35.5. The lowest BCUT2D eigenvalue weighted by atomic mass is 10.0. The number of carbonyl (C=O) groups excluding carboxylic acids is 1. The number of hydrogen-bond donors (Lipinski definition) is 0. The molecule has 2 aromatic rings. The molecule has 0 unspecified atom stereocenters. The summed E-state index contributed by atoms with van der Waals surface area (Å²) < 4.78 is 49.7. The highest BCUT2D eigenvalue weighted by molar-refractivity contribution is 6.32. The highest BCUT2D eigenvalue weighted by Gasteiger charge is 2.32. The van der Waals surface area contributed by atoms with Crippen LogP contribution in [0.2, 0.25) is 5.15 Å². The average Bonchev–Trinajstić information content (AvgIpc) is 2.53. The van der Waals surface area contributed by atoms with Gasteiger partial charge in [0, 0.05) is 19.1 Å². The lowest BCUT2D eigenvalue weighted by molar-refractivity contribution is -0.137. The van der Waals surface area contributed by atoms with Crippen LogP contribution < -0.4 is 4.74 Å². The molecular weight excluding hydrogens is 373 g/mol. The lowest BCUT2D eigenvalue weighted by Crippen LogP contribution is -2.10. The summed E-state index contributed by atoms with van der Waals surface area (Å²) in [5, 5.41) is -0.134. The number of ether oxygens (including phenoxy) is 2. The van der Waals surface area contributed by atoms with Crippen molar-refractivity contribution in [2.24, 2.45) is 0 Å². The standard InChI is InChI=1S/C17H16ClF3N2O3/c1-4-25-8-26-13-6-11(17(19,20)21)5-9(2)14(13)12-7-22-15(10(3)24)16(18)23-12/h5-7H,4,8H2,1-3H3. The van der Waals surface area contributed by atoms with E-state index in [1.807, 2.05) is 0 Å². The third kappa shape index (κ3) is 4.50. The van der Waals surface area contributed by atoms with E-state index in [1.54, 1.807) is 6.92 Å². The molecule has 0 fully saturated rings. The molecule has 140 valence electrons. The van der Waals surface area contributed by atoms with Gasteiger partial charge >= 0.3 is 6.18 Å². The summed E-state index contributed by atoms with van der Waals surface area (Å²) in [7, 11) is 0. The molecule has 0 saturated heterocycles. The van der Waals surface area contributed by atoms with Gasteiger partial charge in [0.1, 0.15) is 11.4 Å². The van der Waals surface area contributed by atoms with Crippen molar-refractivity contribution < 1.29 is 27.4 Å². The summed E-state index contributed by atoms with van der Waals surface area (Å²) in [6.45, 7) is 4.62. The van der Waals surface area contributed by atoms with Crippen molar-refractivity contribution >= 4 is 17.4 Å². The van der Waals surface area contributed by atoms with Crippen LogP contribution in [-0.4, -0.2) is 29.2 Å². The summed E-state index contributed by atoms with van der Waals surface area (Å²) in [5.41, 5.74) is -0.117. The summed E-state index contributed by atoms with van der Waals surface area (Å²) in [6.07, 6.45) is -3.26. The minimum atomic E-state index is -4.53. The first-order valence-electron chi connectivity index (χ1n) is 7.61. The van der Waals surface area contributed by atoms with Crippen molar-refractivity contribution in [2.45, 2.75) is 26.9 Å². The Morgan fingerprint density at radius 3 is 2.54 bits per heavy atom. The Morgan fingerprint density at radius 2 is 2.00 bits per heavy atom. The number of rotatable bonds is 6. The molecule has 1 heterocycles. The molecule has 0 aliphatic heterocycles. The van der Waals surface area contributed by atoms with Crippen LogP contribution in [0.25, 0.3) is 11.3 Å². The number of Topliss-reactive ketones (excluding diaryl/α,β-unsaturated/α-hetero) is 1. The van der Waals surface area contributed by atoms with Gasteiger partial charge in [-0.05, 0) is 31.5 Å². The predicted molar refractivity (Wildman–Crippen MR) is 89.3 cm³/mol. The molecule has 0 bridgehead atoms. The van der Waals surface area contributed by atoms with Gasteiger partial charge in [-0.2, -0.15) is 13.2 Å². The zero-order valence-electron chi connectivity index (χ0n) is 14.3. The molecule has 1 aromatic carbocycles. The predicted octanol–water partition coefficient (Wildman–Crippen LogP) is 4.70. The Balaban J connectivity index is 2.59. The molecule has 0 aliphatic carbocycles. The van der Waals surface area contributed by atoms with E-state index in [9.17, 15) is 18.0 Å². The molecule has 9 heteroatoms. The number of ketones is 1. The highest BCUT2D eigenvalue weighted by Crippen LogP contribution is 2.39. The second-order valence-corrected chi connectivity index (χ2v) is 5.73. The van der Waals surface area contributed by atoms with E-state index in [1.165, 1.54) is 20.0 Å². The first-order chi connectivity index (χ1) is 12.1. The van der Waals surface area contributed by atoms with E-state index in [0.717, 1.165) is 12.1 Å². The number of nitrogens with zero attached hydrogens (tertiary/aromatic N) is 2. The van der Waals surface area contributed by atoms with Crippen LogP contribution in [0.5, 0.6) is 5.75 Å². The van der Waals surface area contributed by atoms with E-state index in [0.29, 0.717) is 12.2 Å². The molecule has 0 atom stereocenters. The van der Waals surface area contributed by atoms with E-state index >= 15 is 0 Å². The van der Waals surface area contributed by atoms with Crippen LogP contribution in [0.4, 0.5) is 13.2 Å². The van der Waals surface area contributed by atoms with Crippen molar-refractivity contribution in [2.75, 3.05) is 13.4 Å². The van der Waals surface area contributed by atoms with Crippen LogP contribution in [0.3, 0.4) is 0 Å². The Kier molecular flexibility index (Phi) is 6.20. The topological polar surface area (TPSA) is 61.3 Å². The average molecular weight is 389 g/mol. The normalized spacial score (nSPS) is 11.5. The molecule has 0 saturated carbocycles. The van der Waals surface area contributed by atoms with Gasteiger partial charge < -0.3 is 9.47 Å². The number of benzene rings is 1. The van der Waals surface area contributed by atoms with E-state index in [4.69, 9.17) is 21.1 Å². The zero-order valence-corrected chi connectivity index (χ0v) is 15.0. The van der Waals surface area contributed by atoms with E-state index in [-0.39, 0.29) is 40.4 Å². The SMILES string of the molecule is CCOCOc1cc(C(F)(F)F)cc(C)c1-c1cnc(C(C)=O)c(Cl)n1. The largest absolute Gasteiger partial charge is 0.467 e. The number of aromatic nitrogens is 2. The van der Waals surface area contributed by atoms with Crippen LogP contribution >= 0.6 is 11.6 Å². The molecular formula is C17H16ClF3N2O3. The Morgan fingerprint density at radius 1 is 1.31 bits per heavy atom. The van der Waals surface area contributed by atoms with Crippen molar-refractivity contribution in [3.8, 4) is 17.0 Å². The number of carbonyl (C=O) groups is 1.